The number of aliphatic imine (C=N–C) groups is 1. The molecule has 2 aromatic rings. The molecule has 2 aliphatic rings. The number of rotatable bonds is 3. The van der Waals surface area contributed by atoms with Gasteiger partial charge in [-0.3, -0.25) is 9.78 Å². The van der Waals surface area contributed by atoms with Crippen LogP contribution in [0.4, 0.5) is 0 Å². The number of carbonyl (C=O) groups excluding carboxylic acids is 1. The highest BCUT2D eigenvalue weighted by atomic mass is 35.5. The third kappa shape index (κ3) is 3.36. The van der Waals surface area contributed by atoms with Crippen molar-refractivity contribution in [1.82, 2.24) is 9.88 Å². The van der Waals surface area contributed by atoms with Gasteiger partial charge >= 0.3 is 0 Å². The molecule has 0 radical (unpaired) electrons. The smallest absolute Gasteiger partial charge is 0.259 e. The first-order chi connectivity index (χ1) is 13.6. The Morgan fingerprint density at radius 3 is 2.57 bits per heavy atom. The minimum Gasteiger partial charge on any atom is -0.394 e. The first-order valence-electron chi connectivity index (χ1n) is 9.47. The van der Waals surface area contributed by atoms with Crippen LogP contribution >= 0.6 is 11.6 Å². The molecule has 0 bridgehead atoms. The first-order valence-corrected chi connectivity index (χ1v) is 9.85. The number of pyridine rings is 1. The number of dihydropyridines is 1. The van der Waals surface area contributed by atoms with Crippen molar-refractivity contribution in [2.45, 2.75) is 31.7 Å². The zero-order chi connectivity index (χ0) is 19.7. The van der Waals surface area contributed by atoms with E-state index in [-0.39, 0.29) is 18.6 Å². The van der Waals surface area contributed by atoms with Crippen LogP contribution in [-0.2, 0) is 4.79 Å². The van der Waals surface area contributed by atoms with Crippen molar-refractivity contribution >= 4 is 28.9 Å². The van der Waals surface area contributed by atoms with Crippen LogP contribution in [0.2, 0.25) is 5.02 Å². The maximum absolute atomic E-state index is 13.2. The molecule has 0 saturated carbocycles. The zero-order valence-electron chi connectivity index (χ0n) is 15.7. The third-order valence-electron chi connectivity index (χ3n) is 5.55. The van der Waals surface area contributed by atoms with Crippen molar-refractivity contribution in [3.63, 3.8) is 0 Å². The summed E-state index contributed by atoms with van der Waals surface area (Å²) in [7, 11) is 0. The Kier molecular flexibility index (Phi) is 5.29. The number of hydrogen-bond acceptors (Lipinski definition) is 4. The fraction of sp³-hybridized carbons (Fsp3) is 0.318. The molecule has 1 fully saturated rings. The lowest BCUT2D eigenvalue weighted by molar-refractivity contribution is -0.118. The SMILES string of the molecule is CC1=C(c2ccncc2)C(c2ccc(Cl)cc2)C(=O)N=C1N1CCCC1CO. The van der Waals surface area contributed by atoms with Crippen LogP contribution in [-0.4, -0.2) is 45.9 Å². The molecule has 1 amide bonds. The number of likely N-dealkylation sites (tertiary alicyclic amines) is 1. The number of aliphatic hydroxyl groups excluding tert-OH is 1. The number of nitrogens with zero attached hydrogens (tertiary/aromatic N) is 3. The highest BCUT2D eigenvalue weighted by molar-refractivity contribution is 6.30. The number of aromatic nitrogens is 1. The Bertz CT molecular complexity index is 938. The van der Waals surface area contributed by atoms with E-state index in [9.17, 15) is 9.90 Å². The molecular formula is C22H22ClN3O2. The van der Waals surface area contributed by atoms with Crippen LogP contribution < -0.4 is 0 Å². The Morgan fingerprint density at radius 1 is 1.18 bits per heavy atom. The van der Waals surface area contributed by atoms with Gasteiger partial charge in [0.15, 0.2) is 0 Å². The summed E-state index contributed by atoms with van der Waals surface area (Å²) >= 11 is 6.05. The average Bonchev–Trinajstić information content (AvgIpc) is 3.19. The van der Waals surface area contributed by atoms with Crippen LogP contribution in [0.5, 0.6) is 0 Å². The quantitative estimate of drug-likeness (QED) is 0.860. The van der Waals surface area contributed by atoms with Gasteiger partial charge in [-0.15, -0.1) is 0 Å². The molecule has 2 aliphatic heterocycles. The van der Waals surface area contributed by atoms with E-state index >= 15 is 0 Å². The van der Waals surface area contributed by atoms with Gasteiger partial charge in [0, 0.05) is 24.0 Å². The summed E-state index contributed by atoms with van der Waals surface area (Å²) in [6.07, 6.45) is 5.35. The predicted octanol–water partition coefficient (Wildman–Crippen LogP) is 3.69. The summed E-state index contributed by atoms with van der Waals surface area (Å²) in [5.74, 6) is -0.00417. The molecule has 5 nitrogen and oxygen atoms in total. The van der Waals surface area contributed by atoms with Gasteiger partial charge in [0.25, 0.3) is 5.91 Å². The molecule has 0 aliphatic carbocycles. The molecule has 1 aromatic heterocycles. The molecule has 28 heavy (non-hydrogen) atoms. The summed E-state index contributed by atoms with van der Waals surface area (Å²) < 4.78 is 0. The number of aliphatic hydroxyl groups is 1. The van der Waals surface area contributed by atoms with Gasteiger partial charge in [0.1, 0.15) is 5.84 Å². The fourth-order valence-corrected chi connectivity index (χ4v) is 4.30. The summed E-state index contributed by atoms with van der Waals surface area (Å²) in [6.45, 7) is 2.87. The predicted molar refractivity (Wildman–Crippen MR) is 110 cm³/mol. The van der Waals surface area contributed by atoms with E-state index in [1.165, 1.54) is 0 Å². The Morgan fingerprint density at radius 2 is 1.89 bits per heavy atom. The van der Waals surface area contributed by atoms with Crippen molar-refractivity contribution < 1.29 is 9.90 Å². The number of halogens is 1. The largest absolute Gasteiger partial charge is 0.394 e. The van der Waals surface area contributed by atoms with Gasteiger partial charge in [0.2, 0.25) is 0 Å². The van der Waals surface area contributed by atoms with Gasteiger partial charge < -0.3 is 10.0 Å². The van der Waals surface area contributed by atoms with Crippen molar-refractivity contribution in [2.24, 2.45) is 4.99 Å². The second kappa shape index (κ2) is 7.86. The van der Waals surface area contributed by atoms with Crippen molar-refractivity contribution in [2.75, 3.05) is 13.2 Å². The average molecular weight is 396 g/mol. The fourth-order valence-electron chi connectivity index (χ4n) is 4.18. The van der Waals surface area contributed by atoms with Crippen LogP contribution in [0.25, 0.3) is 5.57 Å². The number of carbonyl (C=O) groups is 1. The van der Waals surface area contributed by atoms with E-state index in [1.54, 1.807) is 24.5 Å². The van der Waals surface area contributed by atoms with Crippen LogP contribution in [0.3, 0.4) is 0 Å². The zero-order valence-corrected chi connectivity index (χ0v) is 16.4. The van der Waals surface area contributed by atoms with Crippen LogP contribution in [0.15, 0.2) is 59.4 Å². The molecular weight excluding hydrogens is 374 g/mol. The number of benzene rings is 1. The first kappa shape index (κ1) is 18.8. The lowest BCUT2D eigenvalue weighted by atomic mass is 9.81. The van der Waals surface area contributed by atoms with Crippen LogP contribution in [0, 0.1) is 0 Å². The lowest BCUT2D eigenvalue weighted by Gasteiger charge is -2.33. The molecule has 2 atom stereocenters. The highest BCUT2D eigenvalue weighted by Crippen LogP contribution is 2.40. The maximum atomic E-state index is 13.2. The van der Waals surface area contributed by atoms with Gasteiger partial charge in [-0.1, -0.05) is 23.7 Å². The molecule has 1 N–H and O–H groups in total. The molecule has 1 saturated heterocycles. The molecule has 1 aromatic carbocycles. The van der Waals surface area contributed by atoms with Gasteiger partial charge in [0.05, 0.1) is 18.6 Å². The van der Waals surface area contributed by atoms with Crippen molar-refractivity contribution in [3.05, 3.63) is 70.5 Å². The number of amidine groups is 1. The molecule has 0 spiro atoms. The molecule has 6 heteroatoms. The highest BCUT2D eigenvalue weighted by Gasteiger charge is 2.37. The van der Waals surface area contributed by atoms with Crippen molar-refractivity contribution in [1.29, 1.82) is 0 Å². The van der Waals surface area contributed by atoms with E-state index < -0.39 is 5.92 Å². The topological polar surface area (TPSA) is 65.8 Å². The Labute approximate surface area is 169 Å². The van der Waals surface area contributed by atoms with E-state index in [0.717, 1.165) is 41.7 Å². The standard InChI is InChI=1S/C22H22ClN3O2/c1-14-19(16-8-10-24-11-9-16)20(15-4-6-17(23)7-5-15)22(28)25-21(14)26-12-2-3-18(26)13-27/h4-11,18,20,27H,2-3,12-13H2,1H3. The van der Waals surface area contributed by atoms with Gasteiger partial charge in [-0.05, 0) is 66.3 Å². The van der Waals surface area contributed by atoms with E-state index in [4.69, 9.17) is 11.6 Å². The second-order valence-corrected chi connectivity index (χ2v) is 7.64. The minimum absolute atomic E-state index is 0.00673. The van der Waals surface area contributed by atoms with E-state index in [2.05, 4.69) is 14.9 Å². The van der Waals surface area contributed by atoms with E-state index in [1.807, 2.05) is 31.2 Å². The lowest BCUT2D eigenvalue weighted by Crippen LogP contribution is -2.41. The molecule has 4 rings (SSSR count). The summed E-state index contributed by atoms with van der Waals surface area (Å²) in [5, 5.41) is 10.4. The molecule has 3 heterocycles. The second-order valence-electron chi connectivity index (χ2n) is 7.20. The Balaban J connectivity index is 1.85. The minimum atomic E-state index is -0.487. The summed E-state index contributed by atoms with van der Waals surface area (Å²) in [5.41, 5.74) is 3.71. The van der Waals surface area contributed by atoms with Crippen molar-refractivity contribution in [3.8, 4) is 0 Å². The third-order valence-corrected chi connectivity index (χ3v) is 5.80. The number of hydrogen-bond donors (Lipinski definition) is 1. The molecule has 144 valence electrons. The summed E-state index contributed by atoms with van der Waals surface area (Å²) in [4.78, 5) is 23.9. The normalized spacial score (nSPS) is 22.6. The van der Waals surface area contributed by atoms with E-state index in [0.29, 0.717) is 10.9 Å². The van der Waals surface area contributed by atoms with Gasteiger partial charge in [-0.25, -0.2) is 0 Å². The summed E-state index contributed by atoms with van der Waals surface area (Å²) in [6, 6.07) is 11.2. The molecule has 2 unspecified atom stereocenters. The monoisotopic (exact) mass is 395 g/mol. The maximum Gasteiger partial charge on any atom is 0.259 e. The van der Waals surface area contributed by atoms with Gasteiger partial charge in [-0.2, -0.15) is 4.99 Å². The Hall–Kier alpha value is -2.50. The number of amides is 1. The van der Waals surface area contributed by atoms with Crippen LogP contribution in [0.1, 0.15) is 36.8 Å².